The summed E-state index contributed by atoms with van der Waals surface area (Å²) < 4.78 is 69.6. The van der Waals surface area contributed by atoms with E-state index in [0.29, 0.717) is 30.8 Å². The summed E-state index contributed by atoms with van der Waals surface area (Å²) in [5.41, 5.74) is 2.15. The third-order valence-electron chi connectivity index (χ3n) is 5.58. The highest BCUT2D eigenvalue weighted by Crippen LogP contribution is 2.32. The van der Waals surface area contributed by atoms with Crippen LogP contribution < -0.4 is 14.4 Å². The highest BCUT2D eigenvalue weighted by molar-refractivity contribution is 7.92. The molecule has 0 atom stereocenters. The average Bonchev–Trinajstić information content (AvgIpc) is 2.82. The van der Waals surface area contributed by atoms with Gasteiger partial charge in [-0.25, -0.2) is 13.2 Å². The van der Waals surface area contributed by atoms with Crippen LogP contribution in [-0.2, 0) is 16.6 Å². The summed E-state index contributed by atoms with van der Waals surface area (Å²) >= 11 is 0. The Balaban J connectivity index is 1.54. The summed E-state index contributed by atoms with van der Waals surface area (Å²) in [7, 11) is -3.88. The molecule has 1 saturated heterocycles. The molecule has 0 saturated carbocycles. The minimum Gasteiger partial charge on any atom is -0.406 e. The Morgan fingerprint density at radius 3 is 2.33 bits per heavy atom. The van der Waals surface area contributed by atoms with E-state index in [1.165, 1.54) is 41.3 Å². The summed E-state index contributed by atoms with van der Waals surface area (Å²) in [5.74, 6) is -0.340. The average molecular weight is 520 g/mol. The van der Waals surface area contributed by atoms with Crippen molar-refractivity contribution in [2.75, 3.05) is 22.7 Å². The smallest absolute Gasteiger partial charge is 0.406 e. The van der Waals surface area contributed by atoms with Gasteiger partial charge in [-0.2, -0.15) is 0 Å². The number of rotatable bonds is 7. The largest absolute Gasteiger partial charge is 0.573 e. The number of carbonyl (C=O) groups is 1. The van der Waals surface area contributed by atoms with E-state index in [0.717, 1.165) is 5.56 Å². The van der Waals surface area contributed by atoms with Crippen LogP contribution in [0.15, 0.2) is 77.7 Å². The molecule has 7 nitrogen and oxygen atoms in total. The van der Waals surface area contributed by atoms with Gasteiger partial charge >= 0.3 is 12.4 Å². The lowest BCUT2D eigenvalue weighted by atomic mass is 10.1. The lowest BCUT2D eigenvalue weighted by Crippen LogP contribution is -2.49. The Kier molecular flexibility index (Phi) is 7.11. The quantitative estimate of drug-likeness (QED) is 0.446. The predicted molar refractivity (Wildman–Crippen MR) is 129 cm³/mol. The molecule has 3 aromatic rings. The molecule has 0 aromatic heterocycles. The van der Waals surface area contributed by atoms with E-state index < -0.39 is 16.4 Å². The first-order valence-electron chi connectivity index (χ1n) is 11.1. The van der Waals surface area contributed by atoms with E-state index in [1.807, 2.05) is 6.92 Å². The Bertz CT molecular complexity index is 1330. The van der Waals surface area contributed by atoms with Crippen molar-refractivity contribution in [2.45, 2.75) is 31.1 Å². The van der Waals surface area contributed by atoms with Crippen LogP contribution in [0.2, 0.25) is 0 Å². The fourth-order valence-corrected chi connectivity index (χ4v) is 5.03. The zero-order valence-corrected chi connectivity index (χ0v) is 20.1. The minimum atomic E-state index is -4.78. The number of amides is 2. The van der Waals surface area contributed by atoms with E-state index in [2.05, 4.69) is 9.46 Å². The molecule has 1 heterocycles. The standard InChI is InChI=1S/C25H24F3N3O4S/c1-18-8-13-23(22(16-18)29-36(33,34)21-6-3-2-4-7-21)31-15-5-14-30(24(31)32)17-19-9-11-20(12-10-19)35-25(26,27)28/h2-4,6-13,16,29H,5,14-15,17H2,1H3. The number of anilines is 2. The Morgan fingerprint density at radius 1 is 0.972 bits per heavy atom. The maximum Gasteiger partial charge on any atom is 0.573 e. The molecule has 0 radical (unpaired) electrons. The van der Waals surface area contributed by atoms with E-state index in [9.17, 15) is 26.4 Å². The van der Waals surface area contributed by atoms with E-state index in [1.54, 1.807) is 41.3 Å². The zero-order valence-electron chi connectivity index (χ0n) is 19.3. The van der Waals surface area contributed by atoms with Crippen molar-refractivity contribution in [2.24, 2.45) is 0 Å². The number of ether oxygens (including phenoxy) is 1. The van der Waals surface area contributed by atoms with E-state index >= 15 is 0 Å². The van der Waals surface area contributed by atoms with Gasteiger partial charge in [0.25, 0.3) is 10.0 Å². The molecular formula is C25H24F3N3O4S. The van der Waals surface area contributed by atoms with Crippen molar-refractivity contribution in [1.82, 2.24) is 4.90 Å². The number of alkyl halides is 3. The fraction of sp³-hybridized carbons (Fsp3) is 0.240. The van der Waals surface area contributed by atoms with Crippen molar-refractivity contribution < 1.29 is 31.1 Å². The first-order chi connectivity index (χ1) is 17.0. The van der Waals surface area contributed by atoms with Gasteiger partial charge in [-0.1, -0.05) is 36.4 Å². The summed E-state index contributed by atoms with van der Waals surface area (Å²) in [6.07, 6.45) is -4.15. The van der Waals surface area contributed by atoms with E-state index in [-0.39, 0.29) is 28.9 Å². The molecule has 0 unspecified atom stereocenters. The van der Waals surface area contributed by atoms with Crippen LogP contribution in [0.4, 0.5) is 29.3 Å². The topological polar surface area (TPSA) is 79.0 Å². The molecule has 1 aliphatic rings. The zero-order chi connectivity index (χ0) is 25.9. The monoisotopic (exact) mass is 519 g/mol. The molecule has 0 bridgehead atoms. The fourth-order valence-electron chi connectivity index (χ4n) is 3.94. The molecule has 190 valence electrons. The number of hydrogen-bond donors (Lipinski definition) is 1. The molecule has 36 heavy (non-hydrogen) atoms. The number of aryl methyl sites for hydroxylation is 1. The highest BCUT2D eigenvalue weighted by Gasteiger charge is 2.32. The van der Waals surface area contributed by atoms with Crippen molar-refractivity contribution >= 4 is 27.4 Å². The second-order valence-corrected chi connectivity index (χ2v) is 10.0. The SMILES string of the molecule is Cc1ccc(N2CCCN(Cc3ccc(OC(F)(F)F)cc3)C2=O)c(NS(=O)(=O)c2ccccc2)c1. The van der Waals surface area contributed by atoms with Crippen molar-refractivity contribution in [1.29, 1.82) is 0 Å². The number of carbonyl (C=O) groups excluding carboxylic acids is 1. The van der Waals surface area contributed by atoms with Gasteiger partial charge in [0.2, 0.25) is 0 Å². The van der Waals surface area contributed by atoms with Gasteiger partial charge in [0.15, 0.2) is 0 Å². The molecule has 0 spiro atoms. The Morgan fingerprint density at radius 2 is 1.67 bits per heavy atom. The van der Waals surface area contributed by atoms with Crippen molar-refractivity contribution in [3.8, 4) is 5.75 Å². The maximum atomic E-state index is 13.4. The van der Waals surface area contributed by atoms with Gasteiger partial charge < -0.3 is 9.64 Å². The second-order valence-electron chi connectivity index (χ2n) is 8.34. The minimum absolute atomic E-state index is 0.0991. The normalized spacial score (nSPS) is 14.6. The Hall–Kier alpha value is -3.73. The molecule has 11 heteroatoms. The second kappa shape index (κ2) is 10.1. The number of sulfonamides is 1. The lowest BCUT2D eigenvalue weighted by Gasteiger charge is -2.36. The van der Waals surface area contributed by atoms with Crippen LogP contribution in [0.25, 0.3) is 0 Å². The number of hydrogen-bond acceptors (Lipinski definition) is 4. The number of benzene rings is 3. The van der Waals surface area contributed by atoms with Crippen LogP contribution in [0.5, 0.6) is 5.75 Å². The summed E-state index contributed by atoms with van der Waals surface area (Å²) in [4.78, 5) is 16.5. The number of halogens is 3. The lowest BCUT2D eigenvalue weighted by molar-refractivity contribution is -0.274. The van der Waals surface area contributed by atoms with Crippen LogP contribution in [-0.4, -0.2) is 38.8 Å². The number of nitrogens with zero attached hydrogens (tertiary/aromatic N) is 2. The molecular weight excluding hydrogens is 495 g/mol. The highest BCUT2D eigenvalue weighted by atomic mass is 32.2. The van der Waals surface area contributed by atoms with Gasteiger partial charge in [0.05, 0.1) is 16.3 Å². The van der Waals surface area contributed by atoms with Gasteiger partial charge in [0.1, 0.15) is 5.75 Å². The third kappa shape index (κ3) is 6.09. The number of nitrogens with one attached hydrogen (secondary N) is 1. The molecule has 2 amide bonds. The molecule has 3 aromatic carbocycles. The molecule has 1 N–H and O–H groups in total. The van der Waals surface area contributed by atoms with Gasteiger partial charge in [-0.05, 0) is 60.9 Å². The third-order valence-corrected chi connectivity index (χ3v) is 6.96. The first kappa shape index (κ1) is 25.4. The van der Waals surface area contributed by atoms with E-state index in [4.69, 9.17) is 0 Å². The number of urea groups is 1. The molecule has 1 aliphatic heterocycles. The Labute approximate surface area is 207 Å². The summed E-state index contributed by atoms with van der Waals surface area (Å²) in [5, 5.41) is 0. The maximum absolute atomic E-state index is 13.4. The molecule has 0 aliphatic carbocycles. The predicted octanol–water partition coefficient (Wildman–Crippen LogP) is 5.53. The van der Waals surface area contributed by atoms with Crippen molar-refractivity contribution in [3.63, 3.8) is 0 Å². The van der Waals surface area contributed by atoms with Crippen LogP contribution >= 0.6 is 0 Å². The van der Waals surface area contributed by atoms with Gasteiger partial charge in [-0.3, -0.25) is 9.62 Å². The van der Waals surface area contributed by atoms with Crippen LogP contribution in [0.3, 0.4) is 0 Å². The first-order valence-corrected chi connectivity index (χ1v) is 12.6. The summed E-state index contributed by atoms with van der Waals surface area (Å²) in [6, 6.07) is 18.1. The van der Waals surface area contributed by atoms with Gasteiger partial charge in [-0.15, -0.1) is 13.2 Å². The van der Waals surface area contributed by atoms with Crippen LogP contribution in [0, 0.1) is 6.92 Å². The van der Waals surface area contributed by atoms with Crippen molar-refractivity contribution in [3.05, 3.63) is 83.9 Å². The van der Waals surface area contributed by atoms with Crippen LogP contribution in [0.1, 0.15) is 17.5 Å². The summed E-state index contributed by atoms with van der Waals surface area (Å²) in [6.45, 7) is 2.84. The molecule has 1 fully saturated rings. The molecule has 4 rings (SSSR count). The van der Waals surface area contributed by atoms with Gasteiger partial charge in [0, 0.05) is 19.6 Å².